The fourth-order valence-corrected chi connectivity index (χ4v) is 3.05. The minimum absolute atomic E-state index is 0.0280. The quantitative estimate of drug-likeness (QED) is 0.787. The lowest BCUT2D eigenvalue weighted by molar-refractivity contribution is 0.0984. The number of aromatic nitrogens is 1. The van der Waals surface area contributed by atoms with Crippen molar-refractivity contribution in [3.63, 3.8) is 0 Å². The third kappa shape index (κ3) is 1.93. The summed E-state index contributed by atoms with van der Waals surface area (Å²) in [5.41, 5.74) is 3.21. The van der Waals surface area contributed by atoms with Gasteiger partial charge in [-0.1, -0.05) is 18.2 Å². The molecule has 4 heteroatoms. The van der Waals surface area contributed by atoms with Crippen LogP contribution in [0.4, 0.5) is 5.69 Å². The molecule has 0 bridgehead atoms. The number of aryl methyl sites for hydroxylation is 2. The minimum atomic E-state index is 0.0280. The van der Waals surface area contributed by atoms with Gasteiger partial charge in [-0.05, 0) is 31.4 Å². The van der Waals surface area contributed by atoms with Crippen LogP contribution in [-0.2, 0) is 6.42 Å². The molecule has 0 N–H and O–H groups in total. The van der Waals surface area contributed by atoms with Crippen LogP contribution >= 0.6 is 11.3 Å². The zero-order chi connectivity index (χ0) is 12.5. The molecule has 0 unspecified atom stereocenters. The van der Waals surface area contributed by atoms with Crippen LogP contribution < -0.4 is 4.90 Å². The molecule has 2 aromatic rings. The topological polar surface area (TPSA) is 33.2 Å². The second kappa shape index (κ2) is 4.53. The molecule has 3 nitrogen and oxygen atoms in total. The third-order valence-electron chi connectivity index (χ3n) is 3.16. The van der Waals surface area contributed by atoms with Crippen LogP contribution in [0.25, 0.3) is 0 Å². The first-order valence-electron chi connectivity index (χ1n) is 6.07. The van der Waals surface area contributed by atoms with Gasteiger partial charge in [0.05, 0.1) is 0 Å². The Hall–Kier alpha value is -1.68. The molecule has 18 heavy (non-hydrogen) atoms. The van der Waals surface area contributed by atoms with E-state index in [4.69, 9.17) is 0 Å². The molecule has 0 aliphatic carbocycles. The summed E-state index contributed by atoms with van der Waals surface area (Å²) in [4.78, 5) is 18.6. The molecule has 1 amide bonds. The monoisotopic (exact) mass is 258 g/mol. The van der Waals surface area contributed by atoms with E-state index in [0.29, 0.717) is 5.01 Å². The number of carbonyl (C=O) groups is 1. The average molecular weight is 258 g/mol. The highest BCUT2D eigenvalue weighted by atomic mass is 32.1. The van der Waals surface area contributed by atoms with Gasteiger partial charge in [0.1, 0.15) is 0 Å². The lowest BCUT2D eigenvalue weighted by Crippen LogP contribution is -2.35. The molecule has 1 aromatic carbocycles. The highest BCUT2D eigenvalue weighted by molar-refractivity contribution is 7.11. The molecule has 0 saturated carbocycles. The maximum Gasteiger partial charge on any atom is 0.287 e. The van der Waals surface area contributed by atoms with Crippen molar-refractivity contribution in [3.05, 3.63) is 45.9 Å². The largest absolute Gasteiger partial charge is 0.306 e. The number of hydrogen-bond donors (Lipinski definition) is 0. The summed E-state index contributed by atoms with van der Waals surface area (Å²) < 4.78 is 0. The van der Waals surface area contributed by atoms with Gasteiger partial charge in [0.2, 0.25) is 0 Å². The molecule has 0 saturated heterocycles. The van der Waals surface area contributed by atoms with Crippen LogP contribution in [0.1, 0.15) is 27.5 Å². The first-order chi connectivity index (χ1) is 8.75. The SMILES string of the molecule is Cc1csc(C(=O)N2CCCc3ccccc32)n1. The molecule has 0 fully saturated rings. The van der Waals surface area contributed by atoms with Crippen LogP contribution in [0.2, 0.25) is 0 Å². The van der Waals surface area contributed by atoms with Gasteiger partial charge in [-0.2, -0.15) is 0 Å². The van der Waals surface area contributed by atoms with E-state index in [9.17, 15) is 4.79 Å². The maximum atomic E-state index is 12.4. The third-order valence-corrected chi connectivity index (χ3v) is 4.11. The molecule has 1 aliphatic rings. The van der Waals surface area contributed by atoms with E-state index >= 15 is 0 Å². The summed E-state index contributed by atoms with van der Waals surface area (Å²) in [7, 11) is 0. The van der Waals surface area contributed by atoms with Crippen molar-refractivity contribution in [1.29, 1.82) is 0 Å². The van der Waals surface area contributed by atoms with E-state index in [-0.39, 0.29) is 5.91 Å². The molecule has 0 atom stereocenters. The number of carbonyl (C=O) groups excluding carboxylic acids is 1. The van der Waals surface area contributed by atoms with Crippen LogP contribution in [0.5, 0.6) is 0 Å². The Labute approximate surface area is 110 Å². The normalized spacial score (nSPS) is 14.4. The molecule has 2 heterocycles. The Morgan fingerprint density at radius 2 is 2.22 bits per heavy atom. The zero-order valence-electron chi connectivity index (χ0n) is 10.2. The summed E-state index contributed by atoms with van der Waals surface area (Å²) in [5, 5.41) is 2.51. The Balaban J connectivity index is 1.96. The lowest BCUT2D eigenvalue weighted by Gasteiger charge is -2.28. The first kappa shape index (κ1) is 11.4. The number of hydrogen-bond acceptors (Lipinski definition) is 3. The van der Waals surface area contributed by atoms with Gasteiger partial charge in [0, 0.05) is 23.3 Å². The van der Waals surface area contributed by atoms with E-state index in [1.165, 1.54) is 16.9 Å². The van der Waals surface area contributed by atoms with Crippen molar-refractivity contribution in [2.45, 2.75) is 19.8 Å². The van der Waals surface area contributed by atoms with Gasteiger partial charge in [-0.15, -0.1) is 11.3 Å². The zero-order valence-corrected chi connectivity index (χ0v) is 11.0. The highest BCUT2D eigenvalue weighted by Gasteiger charge is 2.24. The smallest absolute Gasteiger partial charge is 0.287 e. The number of para-hydroxylation sites is 1. The molecule has 3 rings (SSSR count). The van der Waals surface area contributed by atoms with Gasteiger partial charge in [-0.25, -0.2) is 4.98 Å². The van der Waals surface area contributed by atoms with Gasteiger partial charge in [-0.3, -0.25) is 4.79 Å². The van der Waals surface area contributed by atoms with Crippen LogP contribution in [0, 0.1) is 6.92 Å². The van der Waals surface area contributed by atoms with Gasteiger partial charge in [0.15, 0.2) is 5.01 Å². The summed E-state index contributed by atoms with van der Waals surface area (Å²) in [6.45, 7) is 2.70. The molecule has 0 radical (unpaired) electrons. The van der Waals surface area contributed by atoms with Crippen LogP contribution in [-0.4, -0.2) is 17.4 Å². The standard InChI is InChI=1S/C14H14N2OS/c1-10-9-18-13(15-10)14(17)16-8-4-6-11-5-2-3-7-12(11)16/h2-3,5,7,9H,4,6,8H2,1H3. The van der Waals surface area contributed by atoms with Gasteiger partial charge < -0.3 is 4.90 Å². The van der Waals surface area contributed by atoms with E-state index in [1.54, 1.807) is 0 Å². The molecule has 92 valence electrons. The number of fused-ring (bicyclic) bond motifs is 1. The number of nitrogens with zero attached hydrogens (tertiary/aromatic N) is 2. The Morgan fingerprint density at radius 3 is 3.00 bits per heavy atom. The predicted octanol–water partition coefficient (Wildman–Crippen LogP) is 3.04. The molecule has 1 aromatic heterocycles. The van der Waals surface area contributed by atoms with Crippen molar-refractivity contribution in [1.82, 2.24) is 4.98 Å². The van der Waals surface area contributed by atoms with Crippen molar-refractivity contribution in [2.24, 2.45) is 0 Å². The van der Waals surface area contributed by atoms with Gasteiger partial charge >= 0.3 is 0 Å². The van der Waals surface area contributed by atoms with Crippen LogP contribution in [0.15, 0.2) is 29.6 Å². The Kier molecular flexibility index (Phi) is 2.88. The summed E-state index contributed by atoms with van der Waals surface area (Å²) >= 11 is 1.42. The summed E-state index contributed by atoms with van der Waals surface area (Å²) in [6.07, 6.45) is 2.07. The second-order valence-electron chi connectivity index (χ2n) is 4.48. The van der Waals surface area contributed by atoms with E-state index in [1.807, 2.05) is 35.4 Å². The minimum Gasteiger partial charge on any atom is -0.306 e. The number of benzene rings is 1. The first-order valence-corrected chi connectivity index (χ1v) is 6.95. The van der Waals surface area contributed by atoms with Crippen molar-refractivity contribution in [3.8, 4) is 0 Å². The Bertz CT molecular complexity index is 591. The molecule has 1 aliphatic heterocycles. The number of amides is 1. The van der Waals surface area contributed by atoms with E-state index < -0.39 is 0 Å². The van der Waals surface area contributed by atoms with Crippen LogP contribution in [0.3, 0.4) is 0 Å². The highest BCUT2D eigenvalue weighted by Crippen LogP contribution is 2.28. The van der Waals surface area contributed by atoms with Crippen molar-refractivity contribution in [2.75, 3.05) is 11.4 Å². The van der Waals surface area contributed by atoms with E-state index in [2.05, 4.69) is 11.1 Å². The predicted molar refractivity (Wildman–Crippen MR) is 73.3 cm³/mol. The van der Waals surface area contributed by atoms with Gasteiger partial charge in [0.25, 0.3) is 5.91 Å². The van der Waals surface area contributed by atoms with E-state index in [0.717, 1.165) is 30.8 Å². The van der Waals surface area contributed by atoms with Crippen molar-refractivity contribution < 1.29 is 4.79 Å². The number of anilines is 1. The maximum absolute atomic E-state index is 12.4. The number of thiazole rings is 1. The van der Waals surface area contributed by atoms with Crippen molar-refractivity contribution >= 4 is 22.9 Å². The molecular formula is C14H14N2OS. The number of rotatable bonds is 1. The fourth-order valence-electron chi connectivity index (χ4n) is 2.31. The summed E-state index contributed by atoms with van der Waals surface area (Å²) in [6, 6.07) is 8.13. The molecule has 0 spiro atoms. The second-order valence-corrected chi connectivity index (χ2v) is 5.34. The average Bonchev–Trinajstić information content (AvgIpc) is 2.84. The molecular weight excluding hydrogens is 244 g/mol. The lowest BCUT2D eigenvalue weighted by atomic mass is 10.0. The summed E-state index contributed by atoms with van der Waals surface area (Å²) in [5.74, 6) is 0.0280. The fraction of sp³-hybridized carbons (Fsp3) is 0.286. The Morgan fingerprint density at radius 1 is 1.39 bits per heavy atom.